The van der Waals surface area contributed by atoms with Gasteiger partial charge in [-0.05, 0) is 20.6 Å². The predicted molar refractivity (Wildman–Crippen MR) is 54.7 cm³/mol. The summed E-state index contributed by atoms with van der Waals surface area (Å²) in [6.45, 7) is 6.54. The van der Waals surface area contributed by atoms with E-state index in [1.165, 1.54) is 0 Å². The van der Waals surface area contributed by atoms with Crippen LogP contribution in [-0.2, 0) is 4.79 Å². The standard InChI is InChI=1S/C9H21N3O/c1-4-11(3)7-8-12(9-13)6-5-10-2/h9-10H,4-8H2,1-3H3. The molecule has 0 aromatic heterocycles. The van der Waals surface area contributed by atoms with E-state index in [1.54, 1.807) is 4.90 Å². The highest BCUT2D eigenvalue weighted by Crippen LogP contribution is 1.85. The number of carbonyl (C=O) groups excluding carboxylic acids is 1. The van der Waals surface area contributed by atoms with Crippen LogP contribution in [0.3, 0.4) is 0 Å². The third-order valence-electron chi connectivity index (χ3n) is 2.11. The van der Waals surface area contributed by atoms with E-state index < -0.39 is 0 Å². The smallest absolute Gasteiger partial charge is 0.209 e. The number of rotatable bonds is 8. The summed E-state index contributed by atoms with van der Waals surface area (Å²) in [6, 6.07) is 0. The van der Waals surface area contributed by atoms with Gasteiger partial charge in [-0.1, -0.05) is 6.92 Å². The van der Waals surface area contributed by atoms with Crippen LogP contribution in [0.25, 0.3) is 0 Å². The molecule has 0 bridgehead atoms. The SMILES string of the molecule is CCN(C)CCN(C=O)CCNC. The number of amides is 1. The molecule has 0 fully saturated rings. The van der Waals surface area contributed by atoms with E-state index in [1.807, 2.05) is 7.05 Å². The topological polar surface area (TPSA) is 35.6 Å². The van der Waals surface area contributed by atoms with Crippen molar-refractivity contribution in [3.8, 4) is 0 Å². The Bertz CT molecular complexity index is 130. The number of hydrogen-bond acceptors (Lipinski definition) is 3. The molecule has 0 aromatic carbocycles. The van der Waals surface area contributed by atoms with Crippen molar-refractivity contribution in [1.29, 1.82) is 0 Å². The summed E-state index contributed by atoms with van der Waals surface area (Å²) in [5.74, 6) is 0. The molecule has 0 aliphatic carbocycles. The lowest BCUT2D eigenvalue weighted by molar-refractivity contribution is -0.118. The molecule has 1 N–H and O–H groups in total. The maximum absolute atomic E-state index is 10.6. The summed E-state index contributed by atoms with van der Waals surface area (Å²) < 4.78 is 0. The summed E-state index contributed by atoms with van der Waals surface area (Å²) in [7, 11) is 3.95. The Labute approximate surface area is 80.9 Å². The van der Waals surface area contributed by atoms with Gasteiger partial charge in [0.25, 0.3) is 0 Å². The summed E-state index contributed by atoms with van der Waals surface area (Å²) in [5.41, 5.74) is 0. The highest BCUT2D eigenvalue weighted by molar-refractivity contribution is 5.46. The van der Waals surface area contributed by atoms with E-state index in [2.05, 4.69) is 24.2 Å². The van der Waals surface area contributed by atoms with E-state index in [-0.39, 0.29) is 0 Å². The quantitative estimate of drug-likeness (QED) is 0.526. The molecule has 13 heavy (non-hydrogen) atoms. The van der Waals surface area contributed by atoms with E-state index in [9.17, 15) is 4.79 Å². The average molecular weight is 187 g/mol. The number of hydrogen-bond donors (Lipinski definition) is 1. The Hall–Kier alpha value is -0.610. The van der Waals surface area contributed by atoms with Gasteiger partial charge in [0.15, 0.2) is 0 Å². The van der Waals surface area contributed by atoms with Gasteiger partial charge in [0, 0.05) is 26.2 Å². The maximum atomic E-state index is 10.6. The molecule has 0 aromatic rings. The zero-order valence-electron chi connectivity index (χ0n) is 8.92. The molecule has 0 rings (SSSR count). The first-order valence-corrected chi connectivity index (χ1v) is 4.77. The van der Waals surface area contributed by atoms with E-state index in [0.717, 1.165) is 39.1 Å². The molecule has 78 valence electrons. The summed E-state index contributed by atoms with van der Waals surface area (Å²) in [5, 5.41) is 3.02. The van der Waals surface area contributed by atoms with Crippen LogP contribution in [0.1, 0.15) is 6.92 Å². The van der Waals surface area contributed by atoms with Crippen LogP contribution in [0.5, 0.6) is 0 Å². The van der Waals surface area contributed by atoms with Crippen molar-refractivity contribution in [1.82, 2.24) is 15.1 Å². The normalized spacial score (nSPS) is 10.5. The number of carbonyl (C=O) groups is 1. The number of likely N-dealkylation sites (N-methyl/N-ethyl adjacent to an activating group) is 2. The van der Waals surface area contributed by atoms with Crippen molar-refractivity contribution in [2.75, 3.05) is 46.8 Å². The zero-order chi connectivity index (χ0) is 10.1. The molecule has 0 aliphatic rings. The van der Waals surface area contributed by atoms with Crippen molar-refractivity contribution in [3.63, 3.8) is 0 Å². The average Bonchev–Trinajstić information content (AvgIpc) is 2.17. The molecule has 1 amide bonds. The van der Waals surface area contributed by atoms with Gasteiger partial charge >= 0.3 is 0 Å². The van der Waals surface area contributed by atoms with Gasteiger partial charge in [0.2, 0.25) is 6.41 Å². The zero-order valence-corrected chi connectivity index (χ0v) is 8.92. The Balaban J connectivity index is 3.52. The first-order valence-electron chi connectivity index (χ1n) is 4.77. The van der Waals surface area contributed by atoms with E-state index in [4.69, 9.17) is 0 Å². The second kappa shape index (κ2) is 8.01. The molecule has 0 heterocycles. The van der Waals surface area contributed by atoms with Gasteiger partial charge in [-0.2, -0.15) is 0 Å². The molecular weight excluding hydrogens is 166 g/mol. The van der Waals surface area contributed by atoms with Crippen LogP contribution < -0.4 is 5.32 Å². The van der Waals surface area contributed by atoms with Crippen LogP contribution in [-0.4, -0.2) is 63.0 Å². The molecule has 0 atom stereocenters. The molecule has 4 nitrogen and oxygen atoms in total. The molecule has 4 heteroatoms. The monoisotopic (exact) mass is 187 g/mol. The largest absolute Gasteiger partial charge is 0.343 e. The summed E-state index contributed by atoms with van der Waals surface area (Å²) in [6.07, 6.45) is 0.918. The number of nitrogens with zero attached hydrogens (tertiary/aromatic N) is 2. The lowest BCUT2D eigenvalue weighted by Gasteiger charge is -2.20. The van der Waals surface area contributed by atoms with Crippen LogP contribution in [0, 0.1) is 0 Å². The fraction of sp³-hybridized carbons (Fsp3) is 0.889. The second-order valence-electron chi connectivity index (χ2n) is 3.14. The molecule has 0 unspecified atom stereocenters. The van der Waals surface area contributed by atoms with Crippen molar-refractivity contribution in [2.24, 2.45) is 0 Å². The highest BCUT2D eigenvalue weighted by atomic mass is 16.1. The van der Waals surface area contributed by atoms with E-state index in [0.29, 0.717) is 0 Å². The van der Waals surface area contributed by atoms with Crippen LogP contribution >= 0.6 is 0 Å². The Kier molecular flexibility index (Phi) is 7.63. The number of nitrogens with one attached hydrogen (secondary N) is 1. The second-order valence-corrected chi connectivity index (χ2v) is 3.14. The Morgan fingerprint density at radius 1 is 1.31 bits per heavy atom. The minimum absolute atomic E-state index is 0.789. The van der Waals surface area contributed by atoms with Crippen molar-refractivity contribution >= 4 is 6.41 Å². The maximum Gasteiger partial charge on any atom is 0.209 e. The summed E-state index contributed by atoms with van der Waals surface area (Å²) >= 11 is 0. The molecule has 0 spiro atoms. The third-order valence-corrected chi connectivity index (χ3v) is 2.11. The van der Waals surface area contributed by atoms with Gasteiger partial charge in [0.05, 0.1) is 0 Å². The van der Waals surface area contributed by atoms with Crippen molar-refractivity contribution in [2.45, 2.75) is 6.92 Å². The van der Waals surface area contributed by atoms with Gasteiger partial charge < -0.3 is 15.1 Å². The lowest BCUT2D eigenvalue weighted by Crippen LogP contribution is -2.36. The van der Waals surface area contributed by atoms with Crippen LogP contribution in [0.4, 0.5) is 0 Å². The highest BCUT2D eigenvalue weighted by Gasteiger charge is 2.01. The molecule has 0 radical (unpaired) electrons. The first-order chi connectivity index (χ1) is 6.24. The van der Waals surface area contributed by atoms with Gasteiger partial charge in [0.1, 0.15) is 0 Å². The molecule has 0 aliphatic heterocycles. The Morgan fingerprint density at radius 3 is 2.46 bits per heavy atom. The summed E-state index contributed by atoms with van der Waals surface area (Å²) in [4.78, 5) is 14.6. The van der Waals surface area contributed by atoms with Crippen LogP contribution in [0.2, 0.25) is 0 Å². The minimum Gasteiger partial charge on any atom is -0.343 e. The van der Waals surface area contributed by atoms with Gasteiger partial charge in [-0.15, -0.1) is 0 Å². The third kappa shape index (κ3) is 6.54. The van der Waals surface area contributed by atoms with Gasteiger partial charge in [-0.3, -0.25) is 4.79 Å². The van der Waals surface area contributed by atoms with Crippen molar-refractivity contribution < 1.29 is 4.79 Å². The van der Waals surface area contributed by atoms with E-state index >= 15 is 0 Å². The first kappa shape index (κ1) is 12.4. The van der Waals surface area contributed by atoms with Crippen molar-refractivity contribution in [3.05, 3.63) is 0 Å². The fourth-order valence-corrected chi connectivity index (χ4v) is 0.930. The fourth-order valence-electron chi connectivity index (χ4n) is 0.930. The molecule has 0 saturated carbocycles. The van der Waals surface area contributed by atoms with Gasteiger partial charge in [-0.25, -0.2) is 0 Å². The molecule has 0 saturated heterocycles. The minimum atomic E-state index is 0.789. The molecular formula is C9H21N3O. The van der Waals surface area contributed by atoms with Crippen LogP contribution in [0.15, 0.2) is 0 Å². The lowest BCUT2D eigenvalue weighted by atomic mass is 10.4. The Morgan fingerprint density at radius 2 is 2.00 bits per heavy atom. The predicted octanol–water partition coefficient (Wildman–Crippen LogP) is -0.384.